The Labute approximate surface area is 172 Å². The molecule has 0 atom stereocenters. The zero-order valence-electron chi connectivity index (χ0n) is 17.6. The molecule has 29 heavy (non-hydrogen) atoms. The van der Waals surface area contributed by atoms with Crippen LogP contribution in [0.4, 0.5) is 5.82 Å². The van der Waals surface area contributed by atoms with Gasteiger partial charge >= 0.3 is 0 Å². The Bertz CT molecular complexity index is 957. The number of aliphatic imine (C=N–C) groups is 1. The molecule has 2 aromatic heterocycles. The lowest BCUT2D eigenvalue weighted by Gasteiger charge is -2.13. The van der Waals surface area contributed by atoms with Crippen LogP contribution in [0.5, 0.6) is 0 Å². The van der Waals surface area contributed by atoms with E-state index in [0.29, 0.717) is 19.0 Å². The van der Waals surface area contributed by atoms with Crippen LogP contribution >= 0.6 is 0 Å². The van der Waals surface area contributed by atoms with Gasteiger partial charge in [0.2, 0.25) is 5.89 Å². The van der Waals surface area contributed by atoms with E-state index in [2.05, 4.69) is 63.8 Å². The Kier molecular flexibility index (Phi) is 6.69. The molecule has 0 spiro atoms. The topological polar surface area (TPSA) is 87.4 Å². The molecule has 0 amide bonds. The van der Waals surface area contributed by atoms with Gasteiger partial charge in [0.05, 0.1) is 11.7 Å². The van der Waals surface area contributed by atoms with Gasteiger partial charge in [0, 0.05) is 30.4 Å². The first-order valence-corrected chi connectivity index (χ1v) is 10.0. The Morgan fingerprint density at radius 1 is 1.07 bits per heavy atom. The van der Waals surface area contributed by atoms with E-state index in [1.54, 1.807) is 6.20 Å². The van der Waals surface area contributed by atoms with Gasteiger partial charge in [-0.05, 0) is 25.1 Å². The number of aromatic nitrogens is 2. The van der Waals surface area contributed by atoms with Crippen LogP contribution < -0.4 is 16.0 Å². The van der Waals surface area contributed by atoms with Crippen molar-refractivity contribution < 1.29 is 4.42 Å². The number of oxazole rings is 1. The van der Waals surface area contributed by atoms with Crippen molar-refractivity contribution >= 4 is 22.7 Å². The second-order valence-corrected chi connectivity index (χ2v) is 7.81. The fourth-order valence-corrected chi connectivity index (χ4v) is 2.75. The molecule has 0 aliphatic heterocycles. The van der Waals surface area contributed by atoms with Crippen molar-refractivity contribution in [1.82, 2.24) is 20.6 Å². The molecule has 0 saturated heterocycles. The lowest BCUT2D eigenvalue weighted by atomic mass is 9.94. The van der Waals surface area contributed by atoms with E-state index in [0.717, 1.165) is 41.5 Å². The molecule has 0 radical (unpaired) electrons. The highest BCUT2D eigenvalue weighted by Crippen LogP contribution is 2.22. The maximum atomic E-state index is 5.80. The monoisotopic (exact) mass is 394 g/mol. The first kappa shape index (κ1) is 20.6. The molecule has 0 fully saturated rings. The van der Waals surface area contributed by atoms with E-state index in [1.807, 2.05) is 31.2 Å². The van der Waals surface area contributed by atoms with E-state index in [-0.39, 0.29) is 5.41 Å². The normalized spacial score (nSPS) is 12.2. The number of anilines is 1. The molecule has 1 aromatic carbocycles. The molecule has 3 N–H and O–H groups in total. The number of fused-ring (bicyclic) bond motifs is 1. The van der Waals surface area contributed by atoms with E-state index in [9.17, 15) is 0 Å². The van der Waals surface area contributed by atoms with Crippen LogP contribution in [0.1, 0.15) is 39.3 Å². The molecule has 0 unspecified atom stereocenters. The lowest BCUT2D eigenvalue weighted by Crippen LogP contribution is -2.39. The zero-order chi connectivity index (χ0) is 20.7. The molecule has 154 valence electrons. The third-order valence-electron chi connectivity index (χ3n) is 4.33. The van der Waals surface area contributed by atoms with Gasteiger partial charge in [-0.1, -0.05) is 39.0 Å². The Balaban J connectivity index is 1.50. The van der Waals surface area contributed by atoms with Crippen LogP contribution in [-0.2, 0) is 12.0 Å². The predicted octanol–water partition coefficient (Wildman–Crippen LogP) is 3.69. The molecular formula is C22H30N6O. The molecule has 2 heterocycles. The van der Waals surface area contributed by atoms with Crippen LogP contribution in [-0.4, -0.2) is 35.6 Å². The number of nitrogens with zero attached hydrogens (tertiary/aromatic N) is 3. The molecule has 7 heteroatoms. The number of pyridine rings is 1. The van der Waals surface area contributed by atoms with Crippen molar-refractivity contribution in [3.8, 4) is 0 Å². The van der Waals surface area contributed by atoms with Gasteiger partial charge in [-0.25, -0.2) is 15.0 Å². The Hall–Kier alpha value is -3.09. The highest BCUT2D eigenvalue weighted by Gasteiger charge is 2.18. The minimum Gasteiger partial charge on any atom is -0.443 e. The Morgan fingerprint density at radius 2 is 1.90 bits per heavy atom. The SMILES string of the molecule is CCNC(=NCc1ncc(C(C)(C)C)o1)NCCNc1ccc2ccccc2n1. The summed E-state index contributed by atoms with van der Waals surface area (Å²) in [5, 5.41) is 11.0. The van der Waals surface area contributed by atoms with Gasteiger partial charge in [0.25, 0.3) is 0 Å². The van der Waals surface area contributed by atoms with E-state index >= 15 is 0 Å². The summed E-state index contributed by atoms with van der Waals surface area (Å²) >= 11 is 0. The third-order valence-corrected chi connectivity index (χ3v) is 4.33. The van der Waals surface area contributed by atoms with Crippen molar-refractivity contribution in [3.63, 3.8) is 0 Å². The molecule has 0 saturated carbocycles. The van der Waals surface area contributed by atoms with Gasteiger partial charge in [0.15, 0.2) is 5.96 Å². The van der Waals surface area contributed by atoms with Gasteiger partial charge in [-0.3, -0.25) is 0 Å². The fraction of sp³-hybridized carbons (Fsp3) is 0.409. The molecule has 0 aliphatic carbocycles. The van der Waals surface area contributed by atoms with Gasteiger partial charge in [-0.15, -0.1) is 0 Å². The van der Waals surface area contributed by atoms with Crippen molar-refractivity contribution in [3.05, 3.63) is 54.2 Å². The maximum absolute atomic E-state index is 5.80. The second-order valence-electron chi connectivity index (χ2n) is 7.81. The number of rotatable bonds is 7. The van der Waals surface area contributed by atoms with E-state index in [1.165, 1.54) is 0 Å². The highest BCUT2D eigenvalue weighted by atomic mass is 16.4. The molecular weight excluding hydrogens is 364 g/mol. The Morgan fingerprint density at radius 3 is 2.66 bits per heavy atom. The summed E-state index contributed by atoms with van der Waals surface area (Å²) in [6.07, 6.45) is 1.78. The summed E-state index contributed by atoms with van der Waals surface area (Å²) in [7, 11) is 0. The number of nitrogens with one attached hydrogen (secondary N) is 3. The van der Waals surface area contributed by atoms with Crippen LogP contribution in [0, 0.1) is 0 Å². The van der Waals surface area contributed by atoms with Gasteiger partial charge < -0.3 is 20.4 Å². The highest BCUT2D eigenvalue weighted by molar-refractivity contribution is 5.80. The van der Waals surface area contributed by atoms with Crippen LogP contribution in [0.25, 0.3) is 10.9 Å². The average molecular weight is 395 g/mol. The number of hydrogen-bond donors (Lipinski definition) is 3. The maximum Gasteiger partial charge on any atom is 0.216 e. The molecule has 0 aliphatic rings. The molecule has 3 rings (SSSR count). The van der Waals surface area contributed by atoms with Crippen molar-refractivity contribution in [2.45, 2.75) is 39.7 Å². The standard InChI is InChI=1S/C22H30N6O/c1-5-23-21(27-15-20-26-14-18(29-20)22(2,3)4)25-13-12-24-19-11-10-16-8-6-7-9-17(16)28-19/h6-11,14H,5,12-13,15H2,1-4H3,(H,24,28)(H2,23,25,27). The quantitative estimate of drug-likeness (QED) is 0.322. The van der Waals surface area contributed by atoms with Crippen molar-refractivity contribution in [1.29, 1.82) is 0 Å². The number of para-hydroxylation sites is 1. The number of guanidine groups is 1. The first-order valence-electron chi connectivity index (χ1n) is 10.0. The van der Waals surface area contributed by atoms with E-state index in [4.69, 9.17) is 4.42 Å². The summed E-state index contributed by atoms with van der Waals surface area (Å²) in [4.78, 5) is 13.5. The number of hydrogen-bond acceptors (Lipinski definition) is 5. The van der Waals surface area contributed by atoms with E-state index < -0.39 is 0 Å². The fourth-order valence-electron chi connectivity index (χ4n) is 2.75. The minimum atomic E-state index is -0.0554. The largest absolute Gasteiger partial charge is 0.443 e. The summed E-state index contributed by atoms with van der Waals surface area (Å²) in [5.41, 5.74) is 0.932. The summed E-state index contributed by atoms with van der Waals surface area (Å²) in [6, 6.07) is 12.2. The molecule has 7 nitrogen and oxygen atoms in total. The average Bonchev–Trinajstić information content (AvgIpc) is 3.19. The number of benzene rings is 1. The summed E-state index contributed by atoms with van der Waals surface area (Å²) in [5.74, 6) is 3.08. The summed E-state index contributed by atoms with van der Waals surface area (Å²) < 4.78 is 5.80. The molecule has 0 bridgehead atoms. The third kappa shape index (κ3) is 5.94. The second kappa shape index (κ2) is 9.41. The zero-order valence-corrected chi connectivity index (χ0v) is 17.6. The summed E-state index contributed by atoms with van der Waals surface area (Å²) in [6.45, 7) is 10.9. The first-order chi connectivity index (χ1) is 14.0. The minimum absolute atomic E-state index is 0.0554. The van der Waals surface area contributed by atoms with Crippen LogP contribution in [0.3, 0.4) is 0 Å². The van der Waals surface area contributed by atoms with Crippen LogP contribution in [0.2, 0.25) is 0 Å². The predicted molar refractivity (Wildman–Crippen MR) is 118 cm³/mol. The lowest BCUT2D eigenvalue weighted by molar-refractivity contribution is 0.383. The smallest absolute Gasteiger partial charge is 0.216 e. The van der Waals surface area contributed by atoms with Crippen LogP contribution in [0.15, 0.2) is 52.0 Å². The van der Waals surface area contributed by atoms with Gasteiger partial charge in [0.1, 0.15) is 18.1 Å². The molecule has 3 aromatic rings. The van der Waals surface area contributed by atoms with Crippen molar-refractivity contribution in [2.24, 2.45) is 4.99 Å². The van der Waals surface area contributed by atoms with Gasteiger partial charge in [-0.2, -0.15) is 0 Å². The van der Waals surface area contributed by atoms with Crippen molar-refractivity contribution in [2.75, 3.05) is 25.0 Å².